The van der Waals surface area contributed by atoms with Crippen molar-refractivity contribution in [3.63, 3.8) is 0 Å². The monoisotopic (exact) mass is 398 g/mol. The summed E-state index contributed by atoms with van der Waals surface area (Å²) in [6, 6.07) is 8.47. The number of amides is 1. The molecule has 0 aliphatic heterocycles. The fraction of sp³-hybridized carbons (Fsp3) is 0.348. The maximum absolute atomic E-state index is 13.7. The van der Waals surface area contributed by atoms with Gasteiger partial charge in [0, 0.05) is 17.1 Å². The van der Waals surface area contributed by atoms with Gasteiger partial charge in [-0.05, 0) is 73.2 Å². The zero-order chi connectivity index (χ0) is 20.8. The normalized spacial score (nSPS) is 12.0. The molecule has 1 unspecified atom stereocenters. The summed E-state index contributed by atoms with van der Waals surface area (Å²) in [6.45, 7) is 4.51. The third kappa shape index (κ3) is 4.53. The Kier molecular flexibility index (Phi) is 6.75. The molecule has 6 heteroatoms. The van der Waals surface area contributed by atoms with Gasteiger partial charge in [0.25, 0.3) is 0 Å². The first-order chi connectivity index (χ1) is 14.1. The van der Waals surface area contributed by atoms with Crippen LogP contribution in [0, 0.1) is 5.82 Å². The summed E-state index contributed by atoms with van der Waals surface area (Å²) in [5, 5.41) is 3.81. The predicted molar refractivity (Wildman–Crippen MR) is 112 cm³/mol. The van der Waals surface area contributed by atoms with E-state index in [9.17, 15) is 9.18 Å². The maximum Gasteiger partial charge on any atom is 0.207 e. The molecule has 0 aliphatic carbocycles. The van der Waals surface area contributed by atoms with Gasteiger partial charge in [0.15, 0.2) is 11.5 Å². The van der Waals surface area contributed by atoms with Gasteiger partial charge in [-0.1, -0.05) is 6.92 Å². The molecule has 0 radical (unpaired) electrons. The number of H-pyrrole nitrogens is 1. The highest BCUT2D eigenvalue weighted by atomic mass is 19.1. The van der Waals surface area contributed by atoms with Gasteiger partial charge in [-0.2, -0.15) is 0 Å². The van der Waals surface area contributed by atoms with Crippen LogP contribution in [0.15, 0.2) is 36.5 Å². The van der Waals surface area contributed by atoms with Crippen molar-refractivity contribution >= 4 is 17.3 Å². The summed E-state index contributed by atoms with van der Waals surface area (Å²) < 4.78 is 24.9. The first kappa shape index (κ1) is 20.7. The SMILES string of the molecule is CCOc1cc(C(CCc2c[nH]c3ccc(F)cc23)NC=O)c(CC)cc1OC. The molecule has 2 aromatic carbocycles. The Labute approximate surface area is 170 Å². The molecule has 3 rings (SSSR count). The fourth-order valence-corrected chi connectivity index (χ4v) is 3.74. The van der Waals surface area contributed by atoms with Crippen molar-refractivity contribution in [3.05, 3.63) is 59.0 Å². The molecule has 0 fully saturated rings. The second-order valence-corrected chi connectivity index (χ2v) is 6.87. The number of aromatic nitrogens is 1. The Balaban J connectivity index is 1.91. The lowest BCUT2D eigenvalue weighted by atomic mass is 9.93. The van der Waals surface area contributed by atoms with Crippen molar-refractivity contribution in [2.45, 2.75) is 39.2 Å². The summed E-state index contributed by atoms with van der Waals surface area (Å²) in [5.41, 5.74) is 4.02. The molecule has 29 heavy (non-hydrogen) atoms. The Morgan fingerprint density at radius 2 is 2.00 bits per heavy atom. The van der Waals surface area contributed by atoms with Crippen molar-refractivity contribution < 1.29 is 18.7 Å². The largest absolute Gasteiger partial charge is 0.493 e. The Hall–Kier alpha value is -3.02. The fourth-order valence-electron chi connectivity index (χ4n) is 3.74. The summed E-state index contributed by atoms with van der Waals surface area (Å²) in [5.74, 6) is 1.09. The van der Waals surface area contributed by atoms with E-state index in [1.54, 1.807) is 19.2 Å². The van der Waals surface area contributed by atoms with E-state index in [0.717, 1.165) is 40.4 Å². The number of aryl methyl sites for hydroxylation is 2. The molecule has 154 valence electrons. The molecule has 3 aromatic rings. The zero-order valence-corrected chi connectivity index (χ0v) is 17.0. The number of ether oxygens (including phenoxy) is 2. The van der Waals surface area contributed by atoms with Crippen LogP contribution in [0.1, 0.15) is 43.0 Å². The number of nitrogens with one attached hydrogen (secondary N) is 2. The van der Waals surface area contributed by atoms with Gasteiger partial charge in [0.05, 0.1) is 19.8 Å². The van der Waals surface area contributed by atoms with E-state index in [1.165, 1.54) is 6.07 Å². The lowest BCUT2D eigenvalue weighted by Crippen LogP contribution is -2.21. The van der Waals surface area contributed by atoms with Gasteiger partial charge >= 0.3 is 0 Å². The quantitative estimate of drug-likeness (QED) is 0.487. The van der Waals surface area contributed by atoms with Crippen molar-refractivity contribution in [1.82, 2.24) is 10.3 Å². The molecule has 1 amide bonds. The van der Waals surface area contributed by atoms with Crippen LogP contribution in [0.4, 0.5) is 4.39 Å². The number of aromatic amines is 1. The first-order valence-corrected chi connectivity index (χ1v) is 9.90. The second kappa shape index (κ2) is 9.45. The van der Waals surface area contributed by atoms with Crippen molar-refractivity contribution in [1.29, 1.82) is 0 Å². The number of hydrogen-bond acceptors (Lipinski definition) is 3. The second-order valence-electron chi connectivity index (χ2n) is 6.87. The van der Waals surface area contributed by atoms with Gasteiger partial charge in [-0.15, -0.1) is 0 Å². The lowest BCUT2D eigenvalue weighted by Gasteiger charge is -2.22. The summed E-state index contributed by atoms with van der Waals surface area (Å²) >= 11 is 0. The molecular weight excluding hydrogens is 371 g/mol. The summed E-state index contributed by atoms with van der Waals surface area (Å²) in [7, 11) is 1.62. The zero-order valence-electron chi connectivity index (χ0n) is 17.0. The van der Waals surface area contributed by atoms with Crippen LogP contribution in [0.5, 0.6) is 11.5 Å². The number of carbonyl (C=O) groups is 1. The van der Waals surface area contributed by atoms with Crippen LogP contribution in [-0.4, -0.2) is 25.1 Å². The third-order valence-electron chi connectivity index (χ3n) is 5.18. The van der Waals surface area contributed by atoms with Crippen molar-refractivity contribution in [2.24, 2.45) is 0 Å². The molecule has 0 saturated carbocycles. The molecule has 1 aromatic heterocycles. The van der Waals surface area contributed by atoms with Gasteiger partial charge in [-0.25, -0.2) is 4.39 Å². The maximum atomic E-state index is 13.7. The van der Waals surface area contributed by atoms with Gasteiger partial charge in [0.1, 0.15) is 5.82 Å². The number of benzene rings is 2. The lowest BCUT2D eigenvalue weighted by molar-refractivity contribution is -0.110. The Bertz CT molecular complexity index is 984. The number of rotatable bonds is 10. The van der Waals surface area contributed by atoms with E-state index in [-0.39, 0.29) is 11.9 Å². The molecular formula is C23H27FN2O3. The van der Waals surface area contributed by atoms with E-state index in [0.29, 0.717) is 30.9 Å². The van der Waals surface area contributed by atoms with Crippen LogP contribution in [-0.2, 0) is 17.6 Å². The van der Waals surface area contributed by atoms with Crippen LogP contribution in [0.25, 0.3) is 10.9 Å². The van der Waals surface area contributed by atoms with E-state index < -0.39 is 0 Å². The van der Waals surface area contributed by atoms with Crippen molar-refractivity contribution in [3.8, 4) is 11.5 Å². The standard InChI is InChI=1S/C23H27FN2O3/c1-4-15-10-22(28-3)23(29-5-2)12-19(15)21(26-14-27)8-6-16-13-25-20-9-7-17(24)11-18(16)20/h7,9-14,21,25H,4-6,8H2,1-3H3,(H,26,27). The number of halogens is 1. The van der Waals surface area contributed by atoms with Gasteiger partial charge < -0.3 is 19.8 Å². The van der Waals surface area contributed by atoms with Crippen molar-refractivity contribution in [2.75, 3.05) is 13.7 Å². The Morgan fingerprint density at radius 1 is 1.17 bits per heavy atom. The first-order valence-electron chi connectivity index (χ1n) is 9.90. The van der Waals surface area contributed by atoms with Gasteiger partial charge in [-0.3, -0.25) is 4.79 Å². The van der Waals surface area contributed by atoms with Crippen LogP contribution < -0.4 is 14.8 Å². The third-order valence-corrected chi connectivity index (χ3v) is 5.18. The van der Waals surface area contributed by atoms with E-state index in [2.05, 4.69) is 17.2 Å². The molecule has 0 aliphatic rings. The van der Waals surface area contributed by atoms with Gasteiger partial charge in [0.2, 0.25) is 6.41 Å². The minimum atomic E-state index is -0.259. The average Bonchev–Trinajstić information content (AvgIpc) is 3.13. The summed E-state index contributed by atoms with van der Waals surface area (Å²) in [4.78, 5) is 14.5. The van der Waals surface area contributed by atoms with Crippen LogP contribution in [0.2, 0.25) is 0 Å². The van der Waals surface area contributed by atoms with Crippen LogP contribution in [0.3, 0.4) is 0 Å². The van der Waals surface area contributed by atoms with E-state index in [4.69, 9.17) is 9.47 Å². The number of fused-ring (bicyclic) bond motifs is 1. The highest BCUT2D eigenvalue weighted by Crippen LogP contribution is 2.35. The molecule has 0 spiro atoms. The Morgan fingerprint density at radius 3 is 2.69 bits per heavy atom. The minimum absolute atomic E-state index is 0.189. The predicted octanol–water partition coefficient (Wildman–Crippen LogP) is 4.70. The summed E-state index contributed by atoms with van der Waals surface area (Å²) in [6.07, 6.45) is 4.79. The topological polar surface area (TPSA) is 63.3 Å². The number of methoxy groups -OCH3 is 1. The molecule has 5 nitrogen and oxygen atoms in total. The highest BCUT2D eigenvalue weighted by Gasteiger charge is 2.19. The highest BCUT2D eigenvalue weighted by molar-refractivity contribution is 5.83. The molecule has 2 N–H and O–H groups in total. The average molecular weight is 398 g/mol. The molecule has 0 saturated heterocycles. The molecule has 1 atom stereocenters. The van der Waals surface area contributed by atoms with E-state index in [1.807, 2.05) is 25.3 Å². The van der Waals surface area contributed by atoms with Crippen LogP contribution >= 0.6 is 0 Å². The minimum Gasteiger partial charge on any atom is -0.493 e. The van der Waals surface area contributed by atoms with E-state index >= 15 is 0 Å². The molecule has 1 heterocycles. The smallest absolute Gasteiger partial charge is 0.207 e. The number of hydrogen-bond donors (Lipinski definition) is 2. The molecule has 0 bridgehead atoms. The number of carbonyl (C=O) groups excluding carboxylic acids is 1.